The molecule has 1 amide bonds. The van der Waals surface area contributed by atoms with E-state index in [1.165, 1.54) is 0 Å². The first-order valence-corrected chi connectivity index (χ1v) is 3.53. The Labute approximate surface area is 65.2 Å². The first-order valence-electron chi connectivity index (χ1n) is 3.53. The molecular weight excluding hydrogens is 138 g/mol. The fourth-order valence-electron chi connectivity index (χ4n) is 1.00. The van der Waals surface area contributed by atoms with Gasteiger partial charge in [-0.25, -0.2) is 0 Å². The van der Waals surface area contributed by atoms with Gasteiger partial charge in [0.15, 0.2) is 0 Å². The van der Waals surface area contributed by atoms with Gasteiger partial charge in [-0.1, -0.05) is 11.8 Å². The topological polar surface area (TPSA) is 20.1 Å². The fourth-order valence-corrected chi connectivity index (χ4v) is 1.00. The van der Waals surface area contributed by atoms with Crippen molar-refractivity contribution in [2.24, 2.45) is 0 Å². The van der Waals surface area contributed by atoms with E-state index in [0.717, 1.165) is 12.1 Å². The van der Waals surface area contributed by atoms with E-state index in [1.807, 2.05) is 12.2 Å². The summed E-state index contributed by atoms with van der Waals surface area (Å²) in [5, 5.41) is 0. The van der Waals surface area contributed by atoms with Gasteiger partial charge in [0.05, 0.1) is 0 Å². The number of rotatable bonds is 1. The van der Waals surface area contributed by atoms with E-state index in [2.05, 4.69) is 11.8 Å². The molecular formula is C9H7NO. The minimum absolute atomic E-state index is 0.197. The maximum absolute atomic E-state index is 10.7. The van der Waals surface area contributed by atoms with Gasteiger partial charge in [0.25, 0.3) is 0 Å². The molecule has 1 aliphatic heterocycles. The highest BCUT2D eigenvalue weighted by Crippen LogP contribution is 2.18. The summed E-state index contributed by atoms with van der Waals surface area (Å²) < 4.78 is 0. The van der Waals surface area contributed by atoms with Crippen LogP contribution in [0.1, 0.15) is 6.42 Å². The van der Waals surface area contributed by atoms with E-state index in [4.69, 9.17) is 0 Å². The minimum Gasteiger partial charge on any atom is -0.302 e. The number of nitrogens with zero attached hydrogens (tertiary/aromatic N) is 1. The third-order valence-corrected chi connectivity index (χ3v) is 1.66. The fraction of sp³-hybridized carbons (Fsp3) is 0.222. The number of allylic oxidation sites excluding steroid dienone is 3. The zero-order valence-electron chi connectivity index (χ0n) is 6.00. The highest BCUT2D eigenvalue weighted by Gasteiger charge is 2.31. The Hall–Kier alpha value is -1.49. The molecule has 2 heteroatoms. The van der Waals surface area contributed by atoms with Crippen LogP contribution in [0.25, 0.3) is 0 Å². The second-order valence-corrected chi connectivity index (χ2v) is 2.47. The molecule has 1 saturated heterocycles. The van der Waals surface area contributed by atoms with Gasteiger partial charge in [-0.3, -0.25) is 4.79 Å². The lowest BCUT2D eigenvalue weighted by molar-refractivity contribution is -0.112. The maximum Gasteiger partial charge on any atom is 0.247 e. The van der Waals surface area contributed by atoms with Gasteiger partial charge in [-0.15, -0.1) is 0 Å². The average Bonchev–Trinajstić information content (AvgIpc) is 2.71. The van der Waals surface area contributed by atoms with Crippen LogP contribution >= 0.6 is 0 Å². The van der Waals surface area contributed by atoms with Crippen molar-refractivity contribution in [2.45, 2.75) is 6.42 Å². The molecule has 2 rings (SSSR count). The molecule has 0 N–H and O–H groups in total. The summed E-state index contributed by atoms with van der Waals surface area (Å²) in [6, 6.07) is 0. The summed E-state index contributed by atoms with van der Waals surface area (Å²) >= 11 is 0. The van der Waals surface area contributed by atoms with Crippen molar-refractivity contribution in [3.05, 3.63) is 23.9 Å². The normalized spacial score (nSPS) is 20.2. The van der Waals surface area contributed by atoms with Crippen LogP contribution < -0.4 is 0 Å². The standard InChI is InChI=1S/C9H7NO/c11-9-7-10(9)8-5-3-1-2-4-6-8/h3,5-6H,4,7H2. The molecule has 11 heavy (non-hydrogen) atoms. The lowest BCUT2D eigenvalue weighted by Crippen LogP contribution is -1.94. The zero-order chi connectivity index (χ0) is 7.68. The van der Waals surface area contributed by atoms with Crippen molar-refractivity contribution in [1.82, 2.24) is 4.90 Å². The largest absolute Gasteiger partial charge is 0.302 e. The molecule has 0 aromatic heterocycles. The van der Waals surface area contributed by atoms with E-state index in [0.29, 0.717) is 6.54 Å². The van der Waals surface area contributed by atoms with Crippen molar-refractivity contribution >= 4 is 5.91 Å². The van der Waals surface area contributed by atoms with Crippen molar-refractivity contribution in [3.8, 4) is 11.8 Å². The van der Waals surface area contributed by atoms with Gasteiger partial charge in [0.2, 0.25) is 5.91 Å². The Kier molecular flexibility index (Phi) is 1.29. The predicted octanol–water partition coefficient (Wildman–Crippen LogP) is 0.676. The number of hydrogen-bond acceptors (Lipinski definition) is 1. The summed E-state index contributed by atoms with van der Waals surface area (Å²) in [5.41, 5.74) is 0.979. The number of carbonyl (C=O) groups excluding carboxylic acids is 1. The van der Waals surface area contributed by atoms with Crippen molar-refractivity contribution < 1.29 is 4.79 Å². The number of hydrogen-bond donors (Lipinski definition) is 0. The van der Waals surface area contributed by atoms with Crippen molar-refractivity contribution in [2.75, 3.05) is 6.54 Å². The Balaban J connectivity index is 2.15. The van der Waals surface area contributed by atoms with Crippen molar-refractivity contribution in [1.29, 1.82) is 0 Å². The molecule has 0 atom stereocenters. The monoisotopic (exact) mass is 145 g/mol. The van der Waals surface area contributed by atoms with E-state index in [1.54, 1.807) is 11.0 Å². The molecule has 0 saturated carbocycles. The van der Waals surface area contributed by atoms with Crippen LogP contribution in [0.2, 0.25) is 0 Å². The Morgan fingerprint density at radius 3 is 3.09 bits per heavy atom. The predicted molar refractivity (Wildman–Crippen MR) is 41.3 cm³/mol. The minimum atomic E-state index is 0.197. The molecule has 54 valence electrons. The summed E-state index contributed by atoms with van der Waals surface area (Å²) in [6.07, 6.45) is 6.38. The third kappa shape index (κ3) is 1.18. The van der Waals surface area contributed by atoms with E-state index >= 15 is 0 Å². The van der Waals surface area contributed by atoms with Crippen LogP contribution in [0.3, 0.4) is 0 Å². The Bertz CT molecular complexity index is 314. The highest BCUT2D eigenvalue weighted by atomic mass is 16.2. The Morgan fingerprint density at radius 1 is 1.55 bits per heavy atom. The molecule has 2 aliphatic rings. The van der Waals surface area contributed by atoms with Gasteiger partial charge >= 0.3 is 0 Å². The summed E-state index contributed by atoms with van der Waals surface area (Å²) in [4.78, 5) is 12.4. The van der Waals surface area contributed by atoms with Crippen molar-refractivity contribution in [3.63, 3.8) is 0 Å². The van der Waals surface area contributed by atoms with Crippen LogP contribution in [0.15, 0.2) is 23.9 Å². The van der Waals surface area contributed by atoms with Gasteiger partial charge in [0, 0.05) is 12.1 Å². The smallest absolute Gasteiger partial charge is 0.247 e. The molecule has 1 heterocycles. The maximum atomic E-state index is 10.7. The van der Waals surface area contributed by atoms with Crippen LogP contribution in [0.5, 0.6) is 0 Å². The molecule has 0 spiro atoms. The Morgan fingerprint density at radius 2 is 2.36 bits per heavy atom. The van der Waals surface area contributed by atoms with Gasteiger partial charge < -0.3 is 4.90 Å². The second-order valence-electron chi connectivity index (χ2n) is 2.47. The lowest BCUT2D eigenvalue weighted by atomic mass is 10.3. The first kappa shape index (κ1) is 6.23. The highest BCUT2D eigenvalue weighted by molar-refractivity contribution is 5.94. The van der Waals surface area contributed by atoms with Crippen LogP contribution in [0, 0.1) is 11.8 Å². The van der Waals surface area contributed by atoms with Crippen LogP contribution in [0.4, 0.5) is 0 Å². The quantitative estimate of drug-likeness (QED) is 0.392. The molecule has 0 unspecified atom stereocenters. The summed E-state index contributed by atoms with van der Waals surface area (Å²) in [5.74, 6) is 5.97. The summed E-state index contributed by atoms with van der Waals surface area (Å²) in [6.45, 7) is 0.566. The number of carbonyl (C=O) groups is 1. The van der Waals surface area contributed by atoms with E-state index in [-0.39, 0.29) is 5.91 Å². The molecule has 1 fully saturated rings. The first-order chi connectivity index (χ1) is 5.38. The van der Waals surface area contributed by atoms with Gasteiger partial charge in [-0.2, -0.15) is 0 Å². The molecule has 0 radical (unpaired) electrons. The lowest BCUT2D eigenvalue weighted by Gasteiger charge is -1.97. The van der Waals surface area contributed by atoms with Crippen LogP contribution in [-0.4, -0.2) is 17.4 Å². The number of amides is 1. The van der Waals surface area contributed by atoms with Crippen LogP contribution in [-0.2, 0) is 4.79 Å². The average molecular weight is 145 g/mol. The molecule has 0 aromatic carbocycles. The van der Waals surface area contributed by atoms with Gasteiger partial charge in [0.1, 0.15) is 6.54 Å². The third-order valence-electron chi connectivity index (χ3n) is 1.66. The van der Waals surface area contributed by atoms with E-state index < -0.39 is 0 Å². The molecule has 1 aliphatic carbocycles. The van der Waals surface area contributed by atoms with Gasteiger partial charge in [-0.05, 0) is 18.2 Å². The molecule has 0 aromatic rings. The SMILES string of the molecule is O=C1CN1C1=CCC#CC=C1. The zero-order valence-corrected chi connectivity index (χ0v) is 6.00. The second kappa shape index (κ2) is 2.28. The van der Waals surface area contributed by atoms with E-state index in [9.17, 15) is 4.79 Å². The molecule has 2 nitrogen and oxygen atoms in total. The summed E-state index contributed by atoms with van der Waals surface area (Å²) in [7, 11) is 0. The molecule has 0 bridgehead atoms.